The van der Waals surface area contributed by atoms with Gasteiger partial charge < -0.3 is 15.4 Å². The van der Waals surface area contributed by atoms with Crippen LogP contribution >= 0.6 is 24.0 Å². The highest BCUT2D eigenvalue weighted by Gasteiger charge is 2.31. The Hall–Kier alpha value is -0.0800. The molecule has 1 unspecified atom stereocenters. The van der Waals surface area contributed by atoms with E-state index in [1.165, 1.54) is 12.8 Å². The largest absolute Gasteiger partial charge is 0.373 e. The number of nitrogens with one attached hydrogen (secondary N) is 2. The van der Waals surface area contributed by atoms with Crippen molar-refractivity contribution in [2.24, 2.45) is 4.99 Å². The van der Waals surface area contributed by atoms with Crippen LogP contribution in [0.2, 0.25) is 0 Å². The molecule has 5 nitrogen and oxygen atoms in total. The summed E-state index contributed by atoms with van der Waals surface area (Å²) in [5.41, 5.74) is -0.0321. The third-order valence-electron chi connectivity index (χ3n) is 4.50. The summed E-state index contributed by atoms with van der Waals surface area (Å²) in [6.07, 6.45) is 5.01. The van der Waals surface area contributed by atoms with Gasteiger partial charge in [-0.3, -0.25) is 9.89 Å². The molecule has 0 aromatic carbocycles. The predicted molar refractivity (Wildman–Crippen MR) is 103 cm³/mol. The monoisotopic (exact) mass is 424 g/mol. The van der Waals surface area contributed by atoms with E-state index < -0.39 is 0 Å². The van der Waals surface area contributed by atoms with E-state index in [1.54, 1.807) is 0 Å². The van der Waals surface area contributed by atoms with E-state index >= 15 is 0 Å². The topological polar surface area (TPSA) is 48.9 Å². The molecular weight excluding hydrogens is 391 g/mol. The Morgan fingerprint density at radius 1 is 1.36 bits per heavy atom. The molecular formula is C16H33IN4O. The lowest BCUT2D eigenvalue weighted by atomic mass is 10.0. The van der Waals surface area contributed by atoms with Crippen LogP contribution in [0.15, 0.2) is 4.99 Å². The molecule has 0 aromatic rings. The first-order valence-electron chi connectivity index (χ1n) is 8.38. The third-order valence-corrected chi connectivity index (χ3v) is 4.50. The summed E-state index contributed by atoms with van der Waals surface area (Å²) >= 11 is 0. The van der Waals surface area contributed by atoms with Gasteiger partial charge in [0.2, 0.25) is 0 Å². The maximum Gasteiger partial charge on any atom is 0.191 e. The number of guanidine groups is 1. The van der Waals surface area contributed by atoms with Crippen molar-refractivity contribution < 1.29 is 4.74 Å². The zero-order valence-corrected chi connectivity index (χ0v) is 16.9. The second-order valence-corrected chi connectivity index (χ2v) is 6.82. The Morgan fingerprint density at radius 2 is 2.09 bits per heavy atom. The molecule has 0 amide bonds. The molecule has 0 bridgehead atoms. The van der Waals surface area contributed by atoms with Crippen molar-refractivity contribution in [1.82, 2.24) is 15.5 Å². The van der Waals surface area contributed by atoms with Gasteiger partial charge in [-0.2, -0.15) is 0 Å². The number of rotatable bonds is 7. The molecule has 2 rings (SSSR count). The lowest BCUT2D eigenvalue weighted by molar-refractivity contribution is 0.0243. The van der Waals surface area contributed by atoms with Gasteiger partial charge in [-0.25, -0.2) is 0 Å². The quantitative estimate of drug-likeness (QED) is 0.374. The van der Waals surface area contributed by atoms with Gasteiger partial charge in [-0.05, 0) is 46.5 Å². The van der Waals surface area contributed by atoms with Crippen LogP contribution in [0.4, 0.5) is 0 Å². The van der Waals surface area contributed by atoms with Crippen LogP contribution in [0, 0.1) is 0 Å². The lowest BCUT2D eigenvalue weighted by Crippen LogP contribution is -2.47. The van der Waals surface area contributed by atoms with Gasteiger partial charge >= 0.3 is 0 Å². The smallest absolute Gasteiger partial charge is 0.191 e. The molecule has 0 spiro atoms. The van der Waals surface area contributed by atoms with Crippen molar-refractivity contribution in [3.8, 4) is 0 Å². The van der Waals surface area contributed by atoms with Crippen LogP contribution in [-0.2, 0) is 4.74 Å². The van der Waals surface area contributed by atoms with E-state index in [0.29, 0.717) is 6.04 Å². The Kier molecular flexibility index (Phi) is 8.42. The van der Waals surface area contributed by atoms with Gasteiger partial charge in [0.25, 0.3) is 0 Å². The first kappa shape index (κ1) is 20.0. The Labute approximate surface area is 152 Å². The van der Waals surface area contributed by atoms with Crippen LogP contribution in [-0.4, -0.2) is 61.8 Å². The molecule has 1 saturated heterocycles. The van der Waals surface area contributed by atoms with Crippen molar-refractivity contribution >= 4 is 29.9 Å². The van der Waals surface area contributed by atoms with Crippen LogP contribution in [0.3, 0.4) is 0 Å². The molecule has 130 valence electrons. The third kappa shape index (κ3) is 6.20. The molecule has 1 aliphatic carbocycles. The van der Waals surface area contributed by atoms with Crippen molar-refractivity contribution in [3.63, 3.8) is 0 Å². The number of nitrogens with zero attached hydrogens (tertiary/aromatic N) is 2. The fraction of sp³-hybridized carbons (Fsp3) is 0.938. The van der Waals surface area contributed by atoms with E-state index in [-0.39, 0.29) is 29.6 Å². The Morgan fingerprint density at radius 3 is 2.59 bits per heavy atom. The summed E-state index contributed by atoms with van der Waals surface area (Å²) in [4.78, 5) is 6.89. The fourth-order valence-electron chi connectivity index (χ4n) is 3.04. The number of aliphatic imine (C=N–C) groups is 1. The SMILES string of the molecule is CN=C(NCCN(C(C)C)C1CC1)NCC1(C)CCCO1.I. The second kappa shape index (κ2) is 9.27. The van der Waals surface area contributed by atoms with Gasteiger partial charge in [0.1, 0.15) is 0 Å². The van der Waals surface area contributed by atoms with Gasteiger partial charge in [0.05, 0.1) is 5.60 Å². The number of hydrogen-bond acceptors (Lipinski definition) is 3. The Bertz CT molecular complexity index is 350. The van der Waals surface area contributed by atoms with E-state index in [0.717, 1.165) is 51.1 Å². The normalized spacial score (nSPS) is 25.5. The van der Waals surface area contributed by atoms with Gasteiger partial charge in [-0.1, -0.05) is 0 Å². The van der Waals surface area contributed by atoms with Crippen molar-refractivity contribution in [2.75, 3.05) is 33.3 Å². The minimum Gasteiger partial charge on any atom is -0.373 e. The van der Waals surface area contributed by atoms with Crippen molar-refractivity contribution in [3.05, 3.63) is 0 Å². The Balaban J connectivity index is 0.00000242. The molecule has 0 aromatic heterocycles. The minimum atomic E-state index is -0.0321. The maximum absolute atomic E-state index is 5.80. The number of ether oxygens (including phenoxy) is 1. The summed E-state index contributed by atoms with van der Waals surface area (Å²) in [7, 11) is 1.83. The average Bonchev–Trinajstić information content (AvgIpc) is 3.19. The summed E-state index contributed by atoms with van der Waals surface area (Å²) in [5.74, 6) is 0.881. The van der Waals surface area contributed by atoms with Gasteiger partial charge in [0.15, 0.2) is 5.96 Å². The van der Waals surface area contributed by atoms with Crippen LogP contribution < -0.4 is 10.6 Å². The highest BCUT2D eigenvalue weighted by molar-refractivity contribution is 14.0. The molecule has 1 atom stereocenters. The second-order valence-electron chi connectivity index (χ2n) is 6.82. The molecule has 1 saturated carbocycles. The van der Waals surface area contributed by atoms with Gasteiger partial charge in [0, 0.05) is 45.4 Å². The van der Waals surface area contributed by atoms with Crippen molar-refractivity contribution in [2.45, 2.75) is 64.1 Å². The maximum atomic E-state index is 5.80. The highest BCUT2D eigenvalue weighted by atomic mass is 127. The fourth-order valence-corrected chi connectivity index (χ4v) is 3.04. The summed E-state index contributed by atoms with van der Waals surface area (Å²) in [6.45, 7) is 10.5. The lowest BCUT2D eigenvalue weighted by Gasteiger charge is -2.27. The molecule has 1 aliphatic heterocycles. The van der Waals surface area contributed by atoms with E-state index in [2.05, 4.69) is 41.3 Å². The zero-order chi connectivity index (χ0) is 15.3. The number of halogens is 1. The molecule has 22 heavy (non-hydrogen) atoms. The first-order valence-corrected chi connectivity index (χ1v) is 8.38. The summed E-state index contributed by atoms with van der Waals surface area (Å²) in [5, 5.41) is 6.82. The number of hydrogen-bond donors (Lipinski definition) is 2. The standard InChI is InChI=1S/C16H32N4O.HI/c1-13(2)20(14-6-7-14)10-9-18-15(17-4)19-12-16(3)8-5-11-21-16;/h13-14H,5-12H2,1-4H3,(H2,17,18,19);1H. The first-order chi connectivity index (χ1) is 10.0. The minimum absolute atomic E-state index is 0. The molecule has 2 aliphatic rings. The van der Waals surface area contributed by atoms with Crippen molar-refractivity contribution in [1.29, 1.82) is 0 Å². The van der Waals surface area contributed by atoms with E-state index in [4.69, 9.17) is 4.74 Å². The van der Waals surface area contributed by atoms with Crippen LogP contribution in [0.5, 0.6) is 0 Å². The van der Waals surface area contributed by atoms with Crippen LogP contribution in [0.25, 0.3) is 0 Å². The highest BCUT2D eigenvalue weighted by Crippen LogP contribution is 2.28. The molecule has 1 heterocycles. The van der Waals surface area contributed by atoms with E-state index in [9.17, 15) is 0 Å². The summed E-state index contributed by atoms with van der Waals surface area (Å²) < 4.78 is 5.80. The van der Waals surface area contributed by atoms with Crippen LogP contribution in [0.1, 0.15) is 46.5 Å². The zero-order valence-electron chi connectivity index (χ0n) is 14.5. The molecule has 0 radical (unpaired) electrons. The van der Waals surface area contributed by atoms with Gasteiger partial charge in [-0.15, -0.1) is 24.0 Å². The molecule has 2 N–H and O–H groups in total. The molecule has 6 heteroatoms. The van der Waals surface area contributed by atoms with E-state index in [1.807, 2.05) is 7.05 Å². The average molecular weight is 424 g/mol. The predicted octanol–water partition coefficient (Wildman–Crippen LogP) is 2.21. The molecule has 2 fully saturated rings. The summed E-state index contributed by atoms with van der Waals surface area (Å²) in [6, 6.07) is 1.44.